The highest BCUT2D eigenvalue weighted by Crippen LogP contribution is 1.61. The Hall–Kier alpha value is -0.990. The van der Waals surface area contributed by atoms with Gasteiger partial charge in [-0.2, -0.15) is 5.53 Å². The molecule has 0 fully saturated rings. The summed E-state index contributed by atoms with van der Waals surface area (Å²) in [6, 6.07) is 0. The van der Waals surface area contributed by atoms with Crippen LogP contribution in [0.2, 0.25) is 0 Å². The van der Waals surface area contributed by atoms with Gasteiger partial charge in [0.05, 0.1) is 6.21 Å². The summed E-state index contributed by atoms with van der Waals surface area (Å²) in [4.78, 5) is 0. The van der Waals surface area contributed by atoms with E-state index in [1.165, 1.54) is 12.3 Å². The van der Waals surface area contributed by atoms with Crippen molar-refractivity contribution in [3.05, 3.63) is 12.7 Å². The van der Waals surface area contributed by atoms with E-state index in [0.29, 0.717) is 0 Å². The van der Waals surface area contributed by atoms with E-state index in [2.05, 4.69) is 16.9 Å². The Morgan fingerprint density at radius 1 is 1.67 bits per heavy atom. The van der Waals surface area contributed by atoms with Crippen LogP contribution < -0.4 is 0 Å². The van der Waals surface area contributed by atoms with Gasteiger partial charge in [-0.1, -0.05) is 11.8 Å². The Balaban J connectivity index is 3.17. The van der Waals surface area contributed by atoms with Crippen molar-refractivity contribution >= 4 is 6.21 Å². The molecule has 0 radical (unpaired) electrons. The maximum atomic E-state index is 6.09. The molecular weight excluding hydrogens is 78.1 g/mol. The van der Waals surface area contributed by atoms with Gasteiger partial charge in [-0.05, 0) is 6.08 Å². The van der Waals surface area contributed by atoms with Crippen LogP contribution in [-0.2, 0) is 0 Å². The van der Waals surface area contributed by atoms with E-state index in [9.17, 15) is 0 Å². The van der Waals surface area contributed by atoms with Crippen molar-refractivity contribution in [2.24, 2.45) is 10.3 Å². The summed E-state index contributed by atoms with van der Waals surface area (Å²) < 4.78 is 0. The van der Waals surface area contributed by atoms with Gasteiger partial charge in [0.25, 0.3) is 0 Å². The van der Waals surface area contributed by atoms with Crippen molar-refractivity contribution in [3.63, 3.8) is 0 Å². The first-order valence-electron chi connectivity index (χ1n) is 1.42. The van der Waals surface area contributed by atoms with Crippen LogP contribution in [0.3, 0.4) is 0 Å². The average molecular weight is 83.1 g/mol. The zero-order chi connectivity index (χ0) is 4.83. The first kappa shape index (κ1) is 5.01. The van der Waals surface area contributed by atoms with Crippen LogP contribution >= 0.6 is 0 Å². The van der Waals surface area contributed by atoms with Gasteiger partial charge in [-0.25, -0.2) is 0 Å². The van der Waals surface area contributed by atoms with Crippen molar-refractivity contribution < 1.29 is 0 Å². The second-order valence-corrected chi connectivity index (χ2v) is 0.600. The molecule has 0 aromatic heterocycles. The summed E-state index contributed by atoms with van der Waals surface area (Å²) in [6.45, 7) is 3.31. The number of allylic oxidation sites excluding steroid dienone is 1. The van der Waals surface area contributed by atoms with E-state index in [1.807, 2.05) is 0 Å². The van der Waals surface area contributed by atoms with E-state index in [4.69, 9.17) is 5.53 Å². The molecule has 0 spiro atoms. The molecular formula is C3H5N3. The molecule has 32 valence electrons. The quantitative estimate of drug-likeness (QED) is 0.296. The number of nitrogens with zero attached hydrogens (tertiary/aromatic N) is 2. The summed E-state index contributed by atoms with van der Waals surface area (Å²) in [5.74, 6) is 0. The summed E-state index contributed by atoms with van der Waals surface area (Å²) in [6.07, 6.45) is 2.80. The molecule has 0 aromatic rings. The second kappa shape index (κ2) is 4.01. The molecule has 0 aliphatic heterocycles. The van der Waals surface area contributed by atoms with Gasteiger partial charge in [0.15, 0.2) is 0 Å². The predicted molar refractivity (Wildman–Crippen MR) is 23.8 cm³/mol. The standard InChI is InChI=1S/C3H5N3/c1-2-3-5-6-4/h2-4H,1H2. The lowest BCUT2D eigenvalue weighted by atomic mass is 10.7. The van der Waals surface area contributed by atoms with E-state index in [1.54, 1.807) is 0 Å². The fourth-order valence-electron chi connectivity index (χ4n) is 0.0805. The van der Waals surface area contributed by atoms with Crippen molar-refractivity contribution in [1.29, 1.82) is 5.53 Å². The third-order valence-corrected chi connectivity index (χ3v) is 0.230. The predicted octanol–water partition coefficient (Wildman–Crippen LogP) is 1.19. The van der Waals surface area contributed by atoms with Crippen molar-refractivity contribution in [1.82, 2.24) is 0 Å². The molecule has 0 saturated heterocycles. The van der Waals surface area contributed by atoms with Crippen LogP contribution in [0.4, 0.5) is 0 Å². The van der Waals surface area contributed by atoms with Gasteiger partial charge in [-0.15, -0.1) is 5.10 Å². The van der Waals surface area contributed by atoms with Crippen LogP contribution in [0.25, 0.3) is 0 Å². The maximum absolute atomic E-state index is 6.09. The topological polar surface area (TPSA) is 48.6 Å². The molecule has 1 N–H and O–H groups in total. The van der Waals surface area contributed by atoms with E-state index >= 15 is 0 Å². The third kappa shape index (κ3) is 3.01. The molecule has 0 amide bonds. The molecule has 0 aromatic carbocycles. The molecule has 0 saturated carbocycles. The monoisotopic (exact) mass is 83.0 g/mol. The van der Waals surface area contributed by atoms with Crippen LogP contribution in [0.5, 0.6) is 0 Å². The molecule has 0 atom stereocenters. The Morgan fingerprint density at radius 2 is 2.33 bits per heavy atom. The van der Waals surface area contributed by atoms with Crippen LogP contribution in [0.1, 0.15) is 0 Å². The second-order valence-electron chi connectivity index (χ2n) is 0.600. The SMILES string of the molecule is C=CC=NN=N. The molecule has 3 nitrogen and oxygen atoms in total. The summed E-state index contributed by atoms with van der Waals surface area (Å²) in [5, 5.41) is 5.81. The van der Waals surface area contributed by atoms with Crippen molar-refractivity contribution in [3.8, 4) is 0 Å². The highest BCUT2D eigenvalue weighted by molar-refractivity contribution is 5.69. The minimum atomic E-state index is 1.34. The van der Waals surface area contributed by atoms with Crippen molar-refractivity contribution in [2.75, 3.05) is 0 Å². The van der Waals surface area contributed by atoms with E-state index < -0.39 is 0 Å². The van der Waals surface area contributed by atoms with E-state index in [-0.39, 0.29) is 0 Å². The Kier molecular flexibility index (Phi) is 3.35. The molecule has 0 heterocycles. The average Bonchev–Trinajstić information content (AvgIpc) is 1.61. The Labute approximate surface area is 35.9 Å². The van der Waals surface area contributed by atoms with Crippen LogP contribution in [0.15, 0.2) is 23.0 Å². The van der Waals surface area contributed by atoms with Gasteiger partial charge >= 0.3 is 0 Å². The summed E-state index contributed by atoms with van der Waals surface area (Å²) in [7, 11) is 0. The molecule has 0 unspecified atom stereocenters. The Morgan fingerprint density at radius 3 is 2.50 bits per heavy atom. The van der Waals surface area contributed by atoms with Gasteiger partial charge in [0.2, 0.25) is 0 Å². The summed E-state index contributed by atoms with van der Waals surface area (Å²) >= 11 is 0. The van der Waals surface area contributed by atoms with Gasteiger partial charge in [-0.3, -0.25) is 0 Å². The lowest BCUT2D eigenvalue weighted by Crippen LogP contribution is -1.52. The van der Waals surface area contributed by atoms with Gasteiger partial charge in [0.1, 0.15) is 0 Å². The Bertz CT molecular complexity index is 64.1. The largest absolute Gasteiger partial charge is 0.185 e. The maximum Gasteiger partial charge on any atom is 0.0507 e. The summed E-state index contributed by atoms with van der Waals surface area (Å²) in [5.41, 5.74) is 6.09. The minimum Gasteiger partial charge on any atom is -0.185 e. The van der Waals surface area contributed by atoms with Crippen LogP contribution in [-0.4, -0.2) is 6.21 Å². The first-order chi connectivity index (χ1) is 2.91. The number of hydrogen-bond donors (Lipinski definition) is 1. The zero-order valence-corrected chi connectivity index (χ0v) is 3.26. The number of nitrogens with one attached hydrogen (secondary N) is 1. The third-order valence-electron chi connectivity index (χ3n) is 0.230. The molecule has 3 heteroatoms. The number of rotatable bonds is 2. The molecule has 0 aliphatic rings. The highest BCUT2D eigenvalue weighted by atomic mass is 15.3. The zero-order valence-electron chi connectivity index (χ0n) is 3.26. The molecule has 0 aliphatic carbocycles. The lowest BCUT2D eigenvalue weighted by Gasteiger charge is -1.59. The number of hydrogen-bond acceptors (Lipinski definition) is 2. The fourth-order valence-corrected chi connectivity index (χ4v) is 0.0805. The lowest BCUT2D eigenvalue weighted by molar-refractivity contribution is 0.997. The highest BCUT2D eigenvalue weighted by Gasteiger charge is 1.49. The smallest absolute Gasteiger partial charge is 0.0507 e. The normalized spacial score (nSPS) is 8.67. The fraction of sp³-hybridized carbons (Fsp3) is 0. The van der Waals surface area contributed by atoms with Gasteiger partial charge < -0.3 is 0 Å². The molecule has 0 rings (SSSR count). The molecule has 6 heavy (non-hydrogen) atoms. The first-order valence-corrected chi connectivity index (χ1v) is 1.42. The minimum absolute atomic E-state index is 1.34. The van der Waals surface area contributed by atoms with Crippen LogP contribution in [0, 0.1) is 5.53 Å². The van der Waals surface area contributed by atoms with E-state index in [0.717, 1.165) is 0 Å². The van der Waals surface area contributed by atoms with Crippen molar-refractivity contribution in [2.45, 2.75) is 0 Å². The molecule has 0 bridgehead atoms. The van der Waals surface area contributed by atoms with Gasteiger partial charge in [0, 0.05) is 0 Å².